The highest BCUT2D eigenvalue weighted by atomic mass is 16.4. The first-order chi connectivity index (χ1) is 10.3. The lowest BCUT2D eigenvalue weighted by atomic mass is 9.82. The Morgan fingerprint density at radius 2 is 2.10 bits per heavy atom. The summed E-state index contributed by atoms with van der Waals surface area (Å²) >= 11 is 0. The van der Waals surface area contributed by atoms with E-state index in [0.29, 0.717) is 12.5 Å². The summed E-state index contributed by atoms with van der Waals surface area (Å²) in [6.45, 7) is 0. The van der Waals surface area contributed by atoms with Crippen LogP contribution >= 0.6 is 0 Å². The van der Waals surface area contributed by atoms with Gasteiger partial charge in [-0.3, -0.25) is 9.78 Å². The summed E-state index contributed by atoms with van der Waals surface area (Å²) in [5.41, 5.74) is 1.96. The topological polar surface area (TPSA) is 68.0 Å². The molecule has 2 aliphatic carbocycles. The second-order valence-electron chi connectivity index (χ2n) is 5.93. The number of fused-ring (bicyclic) bond motifs is 1. The van der Waals surface area contributed by atoms with Gasteiger partial charge in [-0.05, 0) is 31.7 Å². The van der Waals surface area contributed by atoms with Crippen LogP contribution in [0.1, 0.15) is 43.5 Å². The van der Waals surface area contributed by atoms with Gasteiger partial charge in [0, 0.05) is 18.2 Å². The normalized spacial score (nSPS) is 25.3. The Kier molecular flexibility index (Phi) is 2.80. The SMILES string of the molecule is O=C(O)[C@H]1CC=CC[C@H]1c1nc2cnccc2n1C1CC1. The molecule has 1 fully saturated rings. The molecular formula is C16H17N3O2. The van der Waals surface area contributed by atoms with Gasteiger partial charge >= 0.3 is 5.97 Å². The summed E-state index contributed by atoms with van der Waals surface area (Å²) in [5.74, 6) is -0.216. The number of hydrogen-bond donors (Lipinski definition) is 1. The van der Waals surface area contributed by atoms with Gasteiger partial charge in [0.05, 0.1) is 17.6 Å². The van der Waals surface area contributed by atoms with Crippen molar-refractivity contribution in [3.8, 4) is 0 Å². The van der Waals surface area contributed by atoms with Crippen LogP contribution in [0.25, 0.3) is 11.0 Å². The van der Waals surface area contributed by atoms with Gasteiger partial charge in [-0.25, -0.2) is 4.98 Å². The van der Waals surface area contributed by atoms with Crippen LogP contribution in [0.15, 0.2) is 30.6 Å². The minimum absolute atomic E-state index is 0.0412. The molecule has 2 aromatic rings. The van der Waals surface area contributed by atoms with Gasteiger partial charge in [0.15, 0.2) is 0 Å². The van der Waals surface area contributed by atoms with E-state index < -0.39 is 5.97 Å². The predicted octanol–water partition coefficient (Wildman–Crippen LogP) is 2.90. The summed E-state index contributed by atoms with van der Waals surface area (Å²) in [7, 11) is 0. The number of nitrogens with zero attached hydrogens (tertiary/aromatic N) is 3. The van der Waals surface area contributed by atoms with Crippen LogP contribution in [0.3, 0.4) is 0 Å². The number of allylic oxidation sites excluding steroid dienone is 2. The zero-order chi connectivity index (χ0) is 14.4. The molecule has 5 heteroatoms. The molecule has 0 radical (unpaired) electrons. The molecule has 21 heavy (non-hydrogen) atoms. The Balaban J connectivity index is 1.87. The molecule has 0 aromatic carbocycles. The first kappa shape index (κ1) is 12.6. The Morgan fingerprint density at radius 1 is 1.29 bits per heavy atom. The molecule has 2 atom stereocenters. The molecule has 0 spiro atoms. The fourth-order valence-electron chi connectivity index (χ4n) is 3.32. The zero-order valence-corrected chi connectivity index (χ0v) is 11.6. The lowest BCUT2D eigenvalue weighted by Crippen LogP contribution is -2.25. The Hall–Kier alpha value is -2.17. The van der Waals surface area contributed by atoms with Crippen LogP contribution < -0.4 is 0 Å². The number of aliphatic carboxylic acids is 1. The third-order valence-electron chi connectivity index (χ3n) is 4.51. The van der Waals surface area contributed by atoms with Crippen molar-refractivity contribution in [2.45, 2.75) is 37.6 Å². The van der Waals surface area contributed by atoms with Crippen LogP contribution in [0.4, 0.5) is 0 Å². The number of aromatic nitrogens is 3. The molecule has 4 rings (SSSR count). The molecule has 0 amide bonds. The molecule has 1 saturated carbocycles. The maximum Gasteiger partial charge on any atom is 0.307 e. The smallest absolute Gasteiger partial charge is 0.307 e. The van der Waals surface area contributed by atoms with Crippen LogP contribution in [-0.2, 0) is 4.79 Å². The molecule has 0 unspecified atom stereocenters. The standard InChI is InChI=1S/C16H17N3O2/c20-16(21)12-4-2-1-3-11(12)15-18-13-9-17-8-7-14(13)19(15)10-5-6-10/h1-2,7-12H,3-6H2,(H,20,21)/t11-,12+/m1/s1. The molecule has 2 aromatic heterocycles. The third kappa shape index (κ3) is 2.04. The van der Waals surface area contributed by atoms with E-state index in [0.717, 1.165) is 36.1 Å². The van der Waals surface area contributed by atoms with Gasteiger partial charge in [0.25, 0.3) is 0 Å². The van der Waals surface area contributed by atoms with Crippen molar-refractivity contribution in [1.82, 2.24) is 14.5 Å². The lowest BCUT2D eigenvalue weighted by Gasteiger charge is -2.25. The highest BCUT2D eigenvalue weighted by Gasteiger charge is 2.37. The first-order valence-electron chi connectivity index (χ1n) is 7.45. The highest BCUT2D eigenvalue weighted by Crippen LogP contribution is 2.43. The highest BCUT2D eigenvalue weighted by molar-refractivity contribution is 5.76. The van der Waals surface area contributed by atoms with E-state index in [1.807, 2.05) is 12.1 Å². The number of pyridine rings is 1. The summed E-state index contributed by atoms with van der Waals surface area (Å²) in [4.78, 5) is 20.4. The van der Waals surface area contributed by atoms with E-state index in [9.17, 15) is 9.90 Å². The van der Waals surface area contributed by atoms with Crippen LogP contribution in [0.2, 0.25) is 0 Å². The van der Waals surface area contributed by atoms with E-state index in [2.05, 4.69) is 15.6 Å². The van der Waals surface area contributed by atoms with Gasteiger partial charge < -0.3 is 9.67 Å². The number of hydrogen-bond acceptors (Lipinski definition) is 3. The minimum Gasteiger partial charge on any atom is -0.481 e. The maximum atomic E-state index is 11.6. The van der Waals surface area contributed by atoms with Crippen molar-refractivity contribution in [2.24, 2.45) is 5.92 Å². The fraction of sp³-hybridized carbons (Fsp3) is 0.438. The van der Waals surface area contributed by atoms with E-state index in [1.54, 1.807) is 12.4 Å². The molecule has 108 valence electrons. The monoisotopic (exact) mass is 283 g/mol. The van der Waals surface area contributed by atoms with E-state index in [-0.39, 0.29) is 11.8 Å². The molecule has 0 saturated heterocycles. The fourth-order valence-corrected chi connectivity index (χ4v) is 3.32. The summed E-state index contributed by atoms with van der Waals surface area (Å²) in [6, 6.07) is 2.46. The predicted molar refractivity (Wildman–Crippen MR) is 78.0 cm³/mol. The molecule has 2 heterocycles. The summed E-state index contributed by atoms with van der Waals surface area (Å²) < 4.78 is 2.26. The van der Waals surface area contributed by atoms with E-state index >= 15 is 0 Å². The Bertz CT molecular complexity index is 730. The van der Waals surface area contributed by atoms with Crippen molar-refractivity contribution in [3.05, 3.63) is 36.4 Å². The van der Waals surface area contributed by atoms with Crippen molar-refractivity contribution in [1.29, 1.82) is 0 Å². The quantitative estimate of drug-likeness (QED) is 0.879. The number of imidazole rings is 1. The second kappa shape index (κ2) is 4.69. The zero-order valence-electron chi connectivity index (χ0n) is 11.6. The maximum absolute atomic E-state index is 11.6. The van der Waals surface area contributed by atoms with Crippen molar-refractivity contribution in [3.63, 3.8) is 0 Å². The van der Waals surface area contributed by atoms with Crippen LogP contribution in [0.5, 0.6) is 0 Å². The Labute approximate surface area is 122 Å². The van der Waals surface area contributed by atoms with Crippen molar-refractivity contribution >= 4 is 17.0 Å². The van der Waals surface area contributed by atoms with E-state index in [1.165, 1.54) is 0 Å². The largest absolute Gasteiger partial charge is 0.481 e. The van der Waals surface area contributed by atoms with Crippen molar-refractivity contribution in [2.75, 3.05) is 0 Å². The molecule has 0 aliphatic heterocycles. The average molecular weight is 283 g/mol. The third-order valence-corrected chi connectivity index (χ3v) is 4.51. The van der Waals surface area contributed by atoms with Gasteiger partial charge in [-0.2, -0.15) is 0 Å². The van der Waals surface area contributed by atoms with Gasteiger partial charge in [-0.15, -0.1) is 0 Å². The molecular weight excluding hydrogens is 266 g/mol. The van der Waals surface area contributed by atoms with E-state index in [4.69, 9.17) is 4.98 Å². The van der Waals surface area contributed by atoms with Crippen LogP contribution in [-0.4, -0.2) is 25.6 Å². The number of carboxylic acid groups (broad SMARTS) is 1. The number of carboxylic acids is 1. The summed E-state index contributed by atoms with van der Waals surface area (Å²) in [5, 5.41) is 9.51. The molecule has 2 aliphatic rings. The van der Waals surface area contributed by atoms with Crippen molar-refractivity contribution < 1.29 is 9.90 Å². The second-order valence-corrected chi connectivity index (χ2v) is 5.93. The Morgan fingerprint density at radius 3 is 2.86 bits per heavy atom. The average Bonchev–Trinajstić information content (AvgIpc) is 3.27. The van der Waals surface area contributed by atoms with Crippen LogP contribution in [0, 0.1) is 5.92 Å². The van der Waals surface area contributed by atoms with Gasteiger partial charge in [-0.1, -0.05) is 12.2 Å². The number of rotatable bonds is 3. The first-order valence-corrected chi connectivity index (χ1v) is 7.45. The molecule has 1 N–H and O–H groups in total. The van der Waals surface area contributed by atoms with Gasteiger partial charge in [0.1, 0.15) is 11.3 Å². The minimum atomic E-state index is -0.725. The molecule has 5 nitrogen and oxygen atoms in total. The number of carbonyl (C=O) groups is 1. The van der Waals surface area contributed by atoms with Gasteiger partial charge in [0.2, 0.25) is 0 Å². The lowest BCUT2D eigenvalue weighted by molar-refractivity contribution is -0.142. The summed E-state index contributed by atoms with van der Waals surface area (Å²) in [6.07, 6.45) is 11.3. The molecule has 0 bridgehead atoms.